The maximum absolute atomic E-state index is 13.1. The lowest BCUT2D eigenvalue weighted by Crippen LogP contribution is -2.50. The molecule has 0 spiro atoms. The fraction of sp³-hybridized carbons (Fsp3) is 0.300. The van der Waals surface area contributed by atoms with Crippen molar-refractivity contribution in [2.75, 3.05) is 6.54 Å². The summed E-state index contributed by atoms with van der Waals surface area (Å²) in [6.07, 6.45) is 2.33. The minimum atomic E-state index is -0.659. The smallest absolute Gasteiger partial charge is 0.325 e. The van der Waals surface area contributed by atoms with Gasteiger partial charge in [-0.1, -0.05) is 48.9 Å². The van der Waals surface area contributed by atoms with E-state index in [-0.39, 0.29) is 24.9 Å². The number of hydrogen-bond acceptors (Lipinski definition) is 3. The Labute approximate surface area is 146 Å². The molecule has 0 aromatic heterocycles. The third-order valence-electron chi connectivity index (χ3n) is 4.67. The molecular weight excluding hydrogens is 321 g/mol. The first-order valence-corrected chi connectivity index (χ1v) is 8.34. The van der Waals surface area contributed by atoms with Gasteiger partial charge in [-0.3, -0.25) is 9.59 Å². The SMILES string of the molecule is O=C(CNC(=O)C1(c2ccc(F)cc2)CCC1)OCc1ccccc1. The van der Waals surface area contributed by atoms with E-state index < -0.39 is 11.4 Å². The van der Waals surface area contributed by atoms with Gasteiger partial charge in [-0.25, -0.2) is 4.39 Å². The molecule has 130 valence electrons. The molecule has 5 heteroatoms. The van der Waals surface area contributed by atoms with E-state index in [1.165, 1.54) is 12.1 Å². The van der Waals surface area contributed by atoms with Crippen LogP contribution in [-0.4, -0.2) is 18.4 Å². The molecule has 0 bridgehead atoms. The first-order valence-electron chi connectivity index (χ1n) is 8.34. The van der Waals surface area contributed by atoms with Gasteiger partial charge in [0.25, 0.3) is 0 Å². The number of amides is 1. The highest BCUT2D eigenvalue weighted by Crippen LogP contribution is 2.43. The molecule has 3 rings (SSSR count). The lowest BCUT2D eigenvalue weighted by Gasteiger charge is -2.40. The highest BCUT2D eigenvalue weighted by Gasteiger charge is 2.45. The van der Waals surface area contributed by atoms with Crippen LogP contribution in [-0.2, 0) is 26.3 Å². The second-order valence-electron chi connectivity index (χ2n) is 6.27. The number of benzene rings is 2. The Bertz CT molecular complexity index is 739. The molecule has 1 amide bonds. The number of nitrogens with one attached hydrogen (secondary N) is 1. The quantitative estimate of drug-likeness (QED) is 0.822. The number of ether oxygens (including phenoxy) is 1. The largest absolute Gasteiger partial charge is 0.460 e. The first kappa shape index (κ1) is 17.1. The lowest BCUT2D eigenvalue weighted by molar-refractivity contribution is -0.146. The lowest BCUT2D eigenvalue weighted by atomic mass is 9.64. The van der Waals surface area contributed by atoms with E-state index in [9.17, 15) is 14.0 Å². The Morgan fingerprint density at radius 2 is 1.72 bits per heavy atom. The summed E-state index contributed by atoms with van der Waals surface area (Å²) in [5.74, 6) is -1.02. The predicted octanol–water partition coefficient (Wildman–Crippen LogP) is 3.11. The Kier molecular flexibility index (Phi) is 5.12. The fourth-order valence-corrected chi connectivity index (χ4v) is 3.06. The van der Waals surface area contributed by atoms with Gasteiger partial charge < -0.3 is 10.1 Å². The summed E-state index contributed by atoms with van der Waals surface area (Å²) in [6.45, 7) is 0.00720. The number of carbonyl (C=O) groups excluding carboxylic acids is 2. The highest BCUT2D eigenvalue weighted by atomic mass is 19.1. The van der Waals surface area contributed by atoms with Crippen molar-refractivity contribution in [3.05, 3.63) is 71.5 Å². The second-order valence-corrected chi connectivity index (χ2v) is 6.27. The van der Waals surface area contributed by atoms with Crippen molar-refractivity contribution in [1.29, 1.82) is 0 Å². The van der Waals surface area contributed by atoms with Crippen LogP contribution in [0.5, 0.6) is 0 Å². The molecule has 1 aliphatic carbocycles. The van der Waals surface area contributed by atoms with Crippen LogP contribution in [0.3, 0.4) is 0 Å². The zero-order valence-corrected chi connectivity index (χ0v) is 13.8. The number of esters is 1. The van der Waals surface area contributed by atoms with E-state index in [2.05, 4.69) is 5.32 Å². The number of halogens is 1. The fourth-order valence-electron chi connectivity index (χ4n) is 3.06. The van der Waals surface area contributed by atoms with Crippen molar-refractivity contribution in [2.24, 2.45) is 0 Å². The molecule has 0 unspecified atom stereocenters. The molecular formula is C20H20FNO3. The van der Waals surface area contributed by atoms with Crippen LogP contribution in [0.4, 0.5) is 4.39 Å². The first-order chi connectivity index (χ1) is 12.1. The Morgan fingerprint density at radius 3 is 2.32 bits per heavy atom. The third kappa shape index (κ3) is 3.87. The van der Waals surface area contributed by atoms with E-state index in [0.717, 1.165) is 17.5 Å². The van der Waals surface area contributed by atoms with E-state index in [4.69, 9.17) is 4.74 Å². The van der Waals surface area contributed by atoms with Gasteiger partial charge in [-0.2, -0.15) is 0 Å². The van der Waals surface area contributed by atoms with E-state index in [1.807, 2.05) is 30.3 Å². The van der Waals surface area contributed by atoms with Gasteiger partial charge in [0, 0.05) is 0 Å². The van der Waals surface area contributed by atoms with Crippen molar-refractivity contribution in [2.45, 2.75) is 31.3 Å². The van der Waals surface area contributed by atoms with E-state index >= 15 is 0 Å². The number of hydrogen-bond donors (Lipinski definition) is 1. The van der Waals surface area contributed by atoms with Crippen LogP contribution < -0.4 is 5.32 Å². The predicted molar refractivity (Wildman–Crippen MR) is 91.2 cm³/mol. The standard InChI is InChI=1S/C20H20FNO3/c21-17-9-7-16(8-10-17)20(11-4-12-20)19(24)22-13-18(23)25-14-15-5-2-1-3-6-15/h1-3,5-10H,4,11-14H2,(H,22,24). The summed E-state index contributed by atoms with van der Waals surface area (Å²) in [7, 11) is 0. The van der Waals surface area contributed by atoms with Gasteiger partial charge in [0.1, 0.15) is 19.0 Å². The molecule has 0 aliphatic heterocycles. The summed E-state index contributed by atoms with van der Waals surface area (Å²) in [6, 6.07) is 15.4. The van der Waals surface area contributed by atoms with Crippen LogP contribution in [0.15, 0.2) is 54.6 Å². The Morgan fingerprint density at radius 1 is 1.04 bits per heavy atom. The summed E-state index contributed by atoms with van der Waals surface area (Å²) < 4.78 is 18.3. The van der Waals surface area contributed by atoms with Gasteiger partial charge in [0.15, 0.2) is 0 Å². The van der Waals surface area contributed by atoms with Crippen molar-refractivity contribution in [1.82, 2.24) is 5.32 Å². The molecule has 2 aromatic carbocycles. The molecule has 0 radical (unpaired) electrons. The average Bonchev–Trinajstić information content (AvgIpc) is 2.59. The second kappa shape index (κ2) is 7.47. The summed E-state index contributed by atoms with van der Waals surface area (Å²) in [5.41, 5.74) is 1.02. The maximum Gasteiger partial charge on any atom is 0.325 e. The minimum Gasteiger partial charge on any atom is -0.460 e. The van der Waals surface area contributed by atoms with Gasteiger partial charge in [-0.05, 0) is 36.1 Å². The molecule has 25 heavy (non-hydrogen) atoms. The van der Waals surface area contributed by atoms with Crippen LogP contribution in [0.25, 0.3) is 0 Å². The van der Waals surface area contributed by atoms with Crippen LogP contribution in [0.1, 0.15) is 30.4 Å². The summed E-state index contributed by atoms with van der Waals surface area (Å²) >= 11 is 0. The molecule has 1 aliphatic rings. The molecule has 1 fully saturated rings. The average molecular weight is 341 g/mol. The maximum atomic E-state index is 13.1. The molecule has 0 heterocycles. The summed E-state index contributed by atoms with van der Waals surface area (Å²) in [4.78, 5) is 24.4. The van der Waals surface area contributed by atoms with Crippen molar-refractivity contribution >= 4 is 11.9 Å². The van der Waals surface area contributed by atoms with Crippen molar-refractivity contribution in [3.63, 3.8) is 0 Å². The third-order valence-corrected chi connectivity index (χ3v) is 4.67. The zero-order valence-electron chi connectivity index (χ0n) is 13.8. The Hall–Kier alpha value is -2.69. The molecule has 1 saturated carbocycles. The van der Waals surface area contributed by atoms with Crippen LogP contribution >= 0.6 is 0 Å². The number of carbonyl (C=O) groups is 2. The highest BCUT2D eigenvalue weighted by molar-refractivity contribution is 5.91. The molecule has 4 nitrogen and oxygen atoms in total. The minimum absolute atomic E-state index is 0.172. The van der Waals surface area contributed by atoms with E-state index in [0.29, 0.717) is 12.8 Å². The summed E-state index contributed by atoms with van der Waals surface area (Å²) in [5, 5.41) is 2.67. The van der Waals surface area contributed by atoms with Crippen LogP contribution in [0, 0.1) is 5.82 Å². The van der Waals surface area contributed by atoms with Gasteiger partial charge in [-0.15, -0.1) is 0 Å². The topological polar surface area (TPSA) is 55.4 Å². The number of rotatable bonds is 6. The monoisotopic (exact) mass is 341 g/mol. The Balaban J connectivity index is 1.54. The van der Waals surface area contributed by atoms with Gasteiger partial charge >= 0.3 is 5.97 Å². The molecule has 2 aromatic rings. The van der Waals surface area contributed by atoms with Crippen molar-refractivity contribution < 1.29 is 18.7 Å². The van der Waals surface area contributed by atoms with Gasteiger partial charge in [0.05, 0.1) is 5.41 Å². The van der Waals surface area contributed by atoms with Crippen LogP contribution in [0.2, 0.25) is 0 Å². The normalized spacial score (nSPS) is 15.1. The van der Waals surface area contributed by atoms with E-state index in [1.54, 1.807) is 12.1 Å². The zero-order chi connectivity index (χ0) is 17.7. The van der Waals surface area contributed by atoms with Gasteiger partial charge in [0.2, 0.25) is 5.91 Å². The molecule has 0 saturated heterocycles. The van der Waals surface area contributed by atoms with Crippen molar-refractivity contribution in [3.8, 4) is 0 Å². The molecule has 0 atom stereocenters. The molecule has 1 N–H and O–H groups in total.